The molecule has 7 heteroatoms. The van der Waals surface area contributed by atoms with E-state index in [9.17, 15) is 19.5 Å². The number of carboxylic acids is 1. The molecule has 7 nitrogen and oxygen atoms in total. The van der Waals surface area contributed by atoms with Crippen molar-refractivity contribution in [3.63, 3.8) is 0 Å². The minimum atomic E-state index is -1.15. The van der Waals surface area contributed by atoms with E-state index in [-0.39, 0.29) is 18.8 Å². The van der Waals surface area contributed by atoms with Gasteiger partial charge in [-0.15, -0.1) is 6.58 Å². The summed E-state index contributed by atoms with van der Waals surface area (Å²) < 4.78 is 0. The molecule has 0 aliphatic heterocycles. The van der Waals surface area contributed by atoms with Crippen LogP contribution in [0.4, 0.5) is 0 Å². The summed E-state index contributed by atoms with van der Waals surface area (Å²) >= 11 is 0. The van der Waals surface area contributed by atoms with Crippen molar-refractivity contribution < 1.29 is 24.7 Å². The van der Waals surface area contributed by atoms with Crippen LogP contribution in [-0.2, 0) is 20.8 Å². The first-order valence-electron chi connectivity index (χ1n) is 8.92. The molecular weight excluding hydrogens is 348 g/mol. The van der Waals surface area contributed by atoms with Crippen LogP contribution in [0, 0.1) is 17.8 Å². The van der Waals surface area contributed by atoms with E-state index in [1.54, 1.807) is 29.7 Å². The average Bonchev–Trinajstić information content (AvgIpc) is 2.63. The van der Waals surface area contributed by atoms with E-state index < -0.39 is 35.7 Å². The van der Waals surface area contributed by atoms with Crippen molar-refractivity contribution in [2.45, 2.75) is 39.2 Å². The summed E-state index contributed by atoms with van der Waals surface area (Å²) in [4.78, 5) is 36.5. The van der Waals surface area contributed by atoms with Crippen LogP contribution in [0.15, 0.2) is 43.0 Å². The largest absolute Gasteiger partial charge is 0.480 e. The van der Waals surface area contributed by atoms with Gasteiger partial charge in [-0.25, -0.2) is 10.3 Å². The number of rotatable bonds is 11. The fourth-order valence-corrected chi connectivity index (χ4v) is 3.01. The van der Waals surface area contributed by atoms with Crippen molar-refractivity contribution >= 4 is 17.8 Å². The first-order valence-corrected chi connectivity index (χ1v) is 8.92. The zero-order valence-corrected chi connectivity index (χ0v) is 15.7. The molecule has 27 heavy (non-hydrogen) atoms. The van der Waals surface area contributed by atoms with Crippen molar-refractivity contribution in [3.8, 4) is 0 Å². The Kier molecular flexibility index (Phi) is 9.22. The van der Waals surface area contributed by atoms with Gasteiger partial charge >= 0.3 is 5.97 Å². The number of carboxylic acid groups (broad SMARTS) is 1. The molecule has 1 unspecified atom stereocenters. The standard InChI is InChI=1S/C20H28N2O5/c1-4-8-15(19(24)22-27)16(11-13(2)3)18(23)21-17(20(25)26)12-14-9-6-5-7-10-14/h4-7,9-10,13,15-17,27H,1,8,11-12H2,2-3H3,(H,21,23)(H,22,24)(H,25,26)/t15?,16-,17+/m1/s1. The van der Waals surface area contributed by atoms with E-state index in [0.717, 1.165) is 5.56 Å². The molecule has 1 rings (SSSR count). The summed E-state index contributed by atoms with van der Waals surface area (Å²) in [5, 5.41) is 21.1. The van der Waals surface area contributed by atoms with Gasteiger partial charge in [0.2, 0.25) is 11.8 Å². The predicted molar refractivity (Wildman–Crippen MR) is 101 cm³/mol. The van der Waals surface area contributed by atoms with Gasteiger partial charge in [-0.2, -0.15) is 0 Å². The van der Waals surface area contributed by atoms with Crippen LogP contribution in [0.3, 0.4) is 0 Å². The summed E-state index contributed by atoms with van der Waals surface area (Å²) in [5.74, 6) is -3.89. The molecule has 3 atom stereocenters. The molecule has 148 valence electrons. The summed E-state index contributed by atoms with van der Waals surface area (Å²) in [6, 6.07) is 7.87. The lowest BCUT2D eigenvalue weighted by Gasteiger charge is -2.27. The Hall–Kier alpha value is -2.67. The molecule has 4 N–H and O–H groups in total. The van der Waals surface area contributed by atoms with Gasteiger partial charge in [0.05, 0.1) is 11.8 Å². The van der Waals surface area contributed by atoms with Crippen LogP contribution in [-0.4, -0.2) is 34.1 Å². The highest BCUT2D eigenvalue weighted by molar-refractivity contribution is 5.90. The first kappa shape index (κ1) is 22.4. The van der Waals surface area contributed by atoms with Crippen LogP contribution in [0.1, 0.15) is 32.3 Å². The lowest BCUT2D eigenvalue weighted by atomic mass is 9.82. The van der Waals surface area contributed by atoms with Gasteiger partial charge in [0.1, 0.15) is 6.04 Å². The molecule has 0 aromatic heterocycles. The summed E-state index contributed by atoms with van der Waals surface area (Å²) in [6.45, 7) is 7.40. The molecule has 0 radical (unpaired) electrons. The fourth-order valence-electron chi connectivity index (χ4n) is 3.01. The zero-order chi connectivity index (χ0) is 20.4. The van der Waals surface area contributed by atoms with Crippen LogP contribution in [0.2, 0.25) is 0 Å². The third-order valence-electron chi connectivity index (χ3n) is 4.31. The third-order valence-corrected chi connectivity index (χ3v) is 4.31. The number of benzene rings is 1. The molecular formula is C20H28N2O5. The molecule has 2 amide bonds. The van der Waals surface area contributed by atoms with Crippen LogP contribution < -0.4 is 10.8 Å². The average molecular weight is 376 g/mol. The molecule has 0 saturated carbocycles. The highest BCUT2D eigenvalue weighted by Crippen LogP contribution is 2.25. The Balaban J connectivity index is 3.02. The first-order chi connectivity index (χ1) is 12.8. The van der Waals surface area contributed by atoms with Crippen LogP contribution in [0.5, 0.6) is 0 Å². The number of allylic oxidation sites excluding steroid dienone is 1. The second-order valence-corrected chi connectivity index (χ2v) is 6.93. The molecule has 0 bridgehead atoms. The lowest BCUT2D eigenvalue weighted by molar-refractivity contribution is -0.144. The smallest absolute Gasteiger partial charge is 0.326 e. The van der Waals surface area contributed by atoms with Gasteiger partial charge in [-0.05, 0) is 24.3 Å². The Morgan fingerprint density at radius 3 is 2.22 bits per heavy atom. The number of amides is 2. The minimum absolute atomic E-state index is 0.0944. The Morgan fingerprint density at radius 2 is 1.74 bits per heavy atom. The van der Waals surface area contributed by atoms with E-state index in [4.69, 9.17) is 5.21 Å². The third kappa shape index (κ3) is 7.22. The second kappa shape index (κ2) is 11.1. The van der Waals surface area contributed by atoms with Gasteiger partial charge in [0, 0.05) is 6.42 Å². The fraction of sp³-hybridized carbons (Fsp3) is 0.450. The zero-order valence-electron chi connectivity index (χ0n) is 15.7. The Bertz CT molecular complexity index is 645. The van der Waals surface area contributed by atoms with E-state index in [0.29, 0.717) is 6.42 Å². The van der Waals surface area contributed by atoms with Crippen molar-refractivity contribution in [2.75, 3.05) is 0 Å². The quantitative estimate of drug-likeness (QED) is 0.268. The number of hydrogen-bond acceptors (Lipinski definition) is 4. The number of nitrogens with one attached hydrogen (secondary N) is 2. The Labute approximate surface area is 159 Å². The van der Waals surface area contributed by atoms with Crippen LogP contribution >= 0.6 is 0 Å². The molecule has 1 aromatic rings. The van der Waals surface area contributed by atoms with Crippen molar-refractivity contribution in [1.29, 1.82) is 0 Å². The molecule has 0 aliphatic rings. The van der Waals surface area contributed by atoms with Crippen molar-refractivity contribution in [2.24, 2.45) is 17.8 Å². The summed E-state index contributed by atoms with van der Waals surface area (Å²) in [7, 11) is 0. The summed E-state index contributed by atoms with van der Waals surface area (Å²) in [5.41, 5.74) is 2.37. The van der Waals surface area contributed by atoms with Gasteiger partial charge in [-0.1, -0.05) is 50.3 Å². The van der Waals surface area contributed by atoms with Gasteiger partial charge < -0.3 is 10.4 Å². The number of aliphatic carboxylic acids is 1. The number of hydrogen-bond donors (Lipinski definition) is 4. The highest BCUT2D eigenvalue weighted by Gasteiger charge is 2.35. The number of carbonyl (C=O) groups is 3. The monoisotopic (exact) mass is 376 g/mol. The number of carbonyl (C=O) groups excluding carboxylic acids is 2. The van der Waals surface area contributed by atoms with E-state index in [1.807, 2.05) is 19.9 Å². The maximum Gasteiger partial charge on any atom is 0.326 e. The molecule has 0 fully saturated rings. The van der Waals surface area contributed by atoms with Gasteiger partial charge in [-0.3, -0.25) is 14.8 Å². The van der Waals surface area contributed by atoms with E-state index in [1.165, 1.54) is 6.08 Å². The van der Waals surface area contributed by atoms with Gasteiger partial charge in [0.15, 0.2) is 0 Å². The number of hydroxylamine groups is 1. The maximum atomic E-state index is 12.9. The Morgan fingerprint density at radius 1 is 1.11 bits per heavy atom. The van der Waals surface area contributed by atoms with Crippen molar-refractivity contribution in [1.82, 2.24) is 10.8 Å². The van der Waals surface area contributed by atoms with Gasteiger partial charge in [0.25, 0.3) is 0 Å². The predicted octanol–water partition coefficient (Wildman–Crippen LogP) is 2.16. The normalized spacial score (nSPS) is 14.1. The van der Waals surface area contributed by atoms with Crippen LogP contribution in [0.25, 0.3) is 0 Å². The van der Waals surface area contributed by atoms with E-state index >= 15 is 0 Å². The maximum absolute atomic E-state index is 12.9. The molecule has 1 aromatic carbocycles. The minimum Gasteiger partial charge on any atom is -0.480 e. The second-order valence-electron chi connectivity index (χ2n) is 6.93. The summed E-state index contributed by atoms with van der Waals surface area (Å²) in [6.07, 6.45) is 2.19. The van der Waals surface area contributed by atoms with Crippen molar-refractivity contribution in [3.05, 3.63) is 48.6 Å². The topological polar surface area (TPSA) is 116 Å². The molecule has 0 saturated heterocycles. The SMILES string of the molecule is C=CCC(C(=O)NO)[C@@H](CC(C)C)C(=O)N[C@@H](Cc1ccccc1)C(=O)O. The molecule has 0 spiro atoms. The molecule has 0 aliphatic carbocycles. The van der Waals surface area contributed by atoms with E-state index in [2.05, 4.69) is 11.9 Å². The molecule has 0 heterocycles. The highest BCUT2D eigenvalue weighted by atomic mass is 16.5. The lowest BCUT2D eigenvalue weighted by Crippen LogP contribution is -2.48.